The number of carbonyl (C=O) groups excluding carboxylic acids is 1. The summed E-state index contributed by atoms with van der Waals surface area (Å²) in [7, 11) is 1.58. The molecule has 1 amide bonds. The maximum Gasteiger partial charge on any atom is 0.222 e. The van der Waals surface area contributed by atoms with E-state index in [1.54, 1.807) is 7.11 Å². The van der Waals surface area contributed by atoms with Gasteiger partial charge in [-0.1, -0.05) is 12.8 Å². The second kappa shape index (κ2) is 5.98. The number of nitrogens with two attached hydrogens (primary N) is 1. The Kier molecular flexibility index (Phi) is 4.90. The summed E-state index contributed by atoms with van der Waals surface area (Å²) in [5, 5.41) is 3.00. The van der Waals surface area contributed by atoms with Gasteiger partial charge in [0.1, 0.15) is 0 Å². The van der Waals surface area contributed by atoms with Crippen LogP contribution in [-0.4, -0.2) is 31.7 Å². The number of hydrogen-bond acceptors (Lipinski definition) is 3. The zero-order valence-corrected chi connectivity index (χ0v) is 8.79. The number of hydrogen-bond donors (Lipinski definition) is 2. The van der Waals surface area contributed by atoms with Gasteiger partial charge in [0, 0.05) is 19.7 Å². The number of rotatable bonds is 5. The van der Waals surface area contributed by atoms with Crippen LogP contribution >= 0.6 is 0 Å². The molecule has 1 saturated carbocycles. The van der Waals surface area contributed by atoms with Gasteiger partial charge in [-0.15, -0.1) is 0 Å². The van der Waals surface area contributed by atoms with Crippen molar-refractivity contribution in [3.05, 3.63) is 0 Å². The van der Waals surface area contributed by atoms with Gasteiger partial charge in [0.2, 0.25) is 5.91 Å². The Hall–Kier alpha value is -0.610. The maximum atomic E-state index is 11.5. The Labute approximate surface area is 85.2 Å². The van der Waals surface area contributed by atoms with Gasteiger partial charge in [0.25, 0.3) is 0 Å². The first-order chi connectivity index (χ1) is 6.76. The fraction of sp³-hybridized carbons (Fsp3) is 0.900. The lowest BCUT2D eigenvalue weighted by Crippen LogP contribution is -2.37. The van der Waals surface area contributed by atoms with E-state index in [2.05, 4.69) is 5.32 Å². The minimum Gasteiger partial charge on any atom is -0.380 e. The highest BCUT2D eigenvalue weighted by molar-refractivity contribution is 5.76. The van der Waals surface area contributed by atoms with Crippen LogP contribution < -0.4 is 11.1 Å². The van der Waals surface area contributed by atoms with Crippen molar-refractivity contribution < 1.29 is 9.53 Å². The second-order valence-electron chi connectivity index (χ2n) is 3.85. The predicted octanol–water partition coefficient (Wildman–Crippen LogP) is 0.409. The molecule has 3 N–H and O–H groups in total. The Balaban J connectivity index is 2.20. The van der Waals surface area contributed by atoms with Crippen LogP contribution in [0.1, 0.15) is 32.1 Å². The van der Waals surface area contributed by atoms with E-state index >= 15 is 0 Å². The number of carbonyl (C=O) groups is 1. The van der Waals surface area contributed by atoms with Crippen molar-refractivity contribution >= 4 is 5.91 Å². The third kappa shape index (κ3) is 3.64. The van der Waals surface area contributed by atoms with E-state index in [0.717, 1.165) is 12.8 Å². The molecule has 0 saturated heterocycles. The third-order valence-corrected chi connectivity index (χ3v) is 2.73. The first-order valence-corrected chi connectivity index (χ1v) is 5.28. The molecule has 4 nitrogen and oxygen atoms in total. The summed E-state index contributed by atoms with van der Waals surface area (Å²) in [4.78, 5) is 11.5. The molecule has 82 valence electrons. The first kappa shape index (κ1) is 11.5. The molecule has 0 radical (unpaired) electrons. The van der Waals surface area contributed by atoms with E-state index in [9.17, 15) is 4.79 Å². The van der Waals surface area contributed by atoms with Crippen molar-refractivity contribution in [2.24, 2.45) is 5.73 Å². The zero-order valence-electron chi connectivity index (χ0n) is 8.79. The molecule has 14 heavy (non-hydrogen) atoms. The molecule has 0 aromatic carbocycles. The Morgan fingerprint density at radius 3 is 2.71 bits per heavy atom. The van der Waals surface area contributed by atoms with Crippen LogP contribution in [0.4, 0.5) is 0 Å². The summed E-state index contributed by atoms with van der Waals surface area (Å²) in [6.07, 6.45) is 4.93. The van der Waals surface area contributed by atoms with Gasteiger partial charge < -0.3 is 15.8 Å². The fourth-order valence-corrected chi connectivity index (χ4v) is 1.83. The molecule has 1 aliphatic carbocycles. The lowest BCUT2D eigenvalue weighted by Gasteiger charge is -2.15. The minimum atomic E-state index is -0.142. The van der Waals surface area contributed by atoms with Crippen LogP contribution in [0.25, 0.3) is 0 Å². The minimum absolute atomic E-state index is 0.0641. The van der Waals surface area contributed by atoms with Gasteiger partial charge in [-0.25, -0.2) is 0 Å². The number of amides is 1. The van der Waals surface area contributed by atoms with Gasteiger partial charge in [0.05, 0.1) is 12.5 Å². The molecular weight excluding hydrogens is 180 g/mol. The molecule has 0 aromatic rings. The average molecular weight is 200 g/mol. The van der Waals surface area contributed by atoms with Crippen LogP contribution in [0.15, 0.2) is 0 Å². The standard InChI is InChI=1S/C10H20N2O2/c1-14-9(7-11)6-10(13)12-8-4-2-3-5-8/h8-9H,2-7,11H2,1H3,(H,12,13). The first-order valence-electron chi connectivity index (χ1n) is 5.28. The number of methoxy groups -OCH3 is 1. The van der Waals surface area contributed by atoms with Crippen molar-refractivity contribution in [1.82, 2.24) is 5.32 Å². The molecule has 1 fully saturated rings. The van der Waals surface area contributed by atoms with Gasteiger partial charge in [-0.3, -0.25) is 4.79 Å². The van der Waals surface area contributed by atoms with E-state index in [-0.39, 0.29) is 12.0 Å². The van der Waals surface area contributed by atoms with E-state index in [1.807, 2.05) is 0 Å². The van der Waals surface area contributed by atoms with Crippen LogP contribution in [-0.2, 0) is 9.53 Å². The molecule has 1 rings (SSSR count). The Bertz CT molecular complexity index is 169. The summed E-state index contributed by atoms with van der Waals surface area (Å²) in [5.74, 6) is 0.0641. The van der Waals surface area contributed by atoms with Crippen LogP contribution in [0.3, 0.4) is 0 Å². The Morgan fingerprint density at radius 1 is 1.57 bits per heavy atom. The molecule has 4 heteroatoms. The average Bonchev–Trinajstić information content (AvgIpc) is 2.66. The van der Waals surface area contributed by atoms with E-state index in [1.165, 1.54) is 12.8 Å². The quantitative estimate of drug-likeness (QED) is 0.675. The highest BCUT2D eigenvalue weighted by atomic mass is 16.5. The second-order valence-corrected chi connectivity index (χ2v) is 3.85. The van der Waals surface area contributed by atoms with Crippen molar-refractivity contribution in [1.29, 1.82) is 0 Å². The topological polar surface area (TPSA) is 64.3 Å². The normalized spacial score (nSPS) is 19.6. The van der Waals surface area contributed by atoms with Gasteiger partial charge in [0.15, 0.2) is 0 Å². The van der Waals surface area contributed by atoms with E-state index < -0.39 is 0 Å². The zero-order chi connectivity index (χ0) is 10.4. The smallest absolute Gasteiger partial charge is 0.222 e. The summed E-state index contributed by atoms with van der Waals surface area (Å²) in [6.45, 7) is 0.397. The van der Waals surface area contributed by atoms with E-state index in [4.69, 9.17) is 10.5 Å². The number of nitrogens with one attached hydrogen (secondary N) is 1. The summed E-state index contributed by atoms with van der Waals surface area (Å²) in [6, 6.07) is 0.387. The number of ether oxygens (including phenoxy) is 1. The van der Waals surface area contributed by atoms with Gasteiger partial charge in [-0.2, -0.15) is 0 Å². The van der Waals surface area contributed by atoms with Crippen molar-refractivity contribution in [2.75, 3.05) is 13.7 Å². The van der Waals surface area contributed by atoms with Crippen LogP contribution in [0, 0.1) is 0 Å². The highest BCUT2D eigenvalue weighted by Crippen LogP contribution is 2.17. The largest absolute Gasteiger partial charge is 0.380 e. The molecule has 1 atom stereocenters. The van der Waals surface area contributed by atoms with Crippen molar-refractivity contribution in [3.63, 3.8) is 0 Å². The van der Waals surface area contributed by atoms with Crippen molar-refractivity contribution in [3.8, 4) is 0 Å². The summed E-state index contributed by atoms with van der Waals surface area (Å²) < 4.78 is 5.05. The van der Waals surface area contributed by atoms with E-state index in [0.29, 0.717) is 19.0 Å². The summed E-state index contributed by atoms with van der Waals surface area (Å²) in [5.41, 5.74) is 5.43. The van der Waals surface area contributed by atoms with Gasteiger partial charge >= 0.3 is 0 Å². The monoisotopic (exact) mass is 200 g/mol. The summed E-state index contributed by atoms with van der Waals surface area (Å²) >= 11 is 0. The molecule has 0 aliphatic heterocycles. The van der Waals surface area contributed by atoms with Crippen molar-refractivity contribution in [2.45, 2.75) is 44.2 Å². The fourth-order valence-electron chi connectivity index (χ4n) is 1.83. The lowest BCUT2D eigenvalue weighted by atomic mass is 10.2. The molecule has 1 unspecified atom stereocenters. The van der Waals surface area contributed by atoms with Gasteiger partial charge in [-0.05, 0) is 12.8 Å². The van der Waals surface area contributed by atoms with Crippen LogP contribution in [0.2, 0.25) is 0 Å². The third-order valence-electron chi connectivity index (χ3n) is 2.73. The molecule has 0 heterocycles. The highest BCUT2D eigenvalue weighted by Gasteiger charge is 2.18. The molecule has 1 aliphatic rings. The SMILES string of the molecule is COC(CN)CC(=O)NC1CCCC1. The maximum absolute atomic E-state index is 11.5. The molecular formula is C10H20N2O2. The molecule has 0 spiro atoms. The molecule has 0 aromatic heterocycles. The predicted molar refractivity (Wildman–Crippen MR) is 54.9 cm³/mol. The lowest BCUT2D eigenvalue weighted by molar-refractivity contribution is -0.124. The van der Waals surface area contributed by atoms with Crippen LogP contribution in [0.5, 0.6) is 0 Å². The molecule has 0 bridgehead atoms. The Morgan fingerprint density at radius 2 is 2.21 bits per heavy atom.